The highest BCUT2D eigenvalue weighted by Crippen LogP contribution is 2.42. The van der Waals surface area contributed by atoms with Crippen LogP contribution in [-0.4, -0.2) is 37.3 Å². The fraction of sp³-hybridized carbons (Fsp3) is 1.00. The molecular formula is C14H29NOS. The molecule has 0 aromatic heterocycles. The van der Waals surface area contributed by atoms with E-state index in [2.05, 4.69) is 39.3 Å². The highest BCUT2D eigenvalue weighted by molar-refractivity contribution is 7.98. The molecule has 1 fully saturated rings. The Morgan fingerprint density at radius 2 is 2.12 bits per heavy atom. The van der Waals surface area contributed by atoms with Crippen LogP contribution in [0.3, 0.4) is 0 Å². The Bertz CT molecular complexity index is 218. The monoisotopic (exact) mass is 259 g/mol. The average Bonchev–Trinajstić information content (AvgIpc) is 2.25. The zero-order valence-corrected chi connectivity index (χ0v) is 12.9. The molecule has 0 spiro atoms. The van der Waals surface area contributed by atoms with Gasteiger partial charge in [-0.1, -0.05) is 27.7 Å². The minimum Gasteiger partial charge on any atom is -0.377 e. The van der Waals surface area contributed by atoms with E-state index < -0.39 is 0 Å². The minimum absolute atomic E-state index is 0.300. The predicted octanol–water partition coefficient (Wildman–Crippen LogP) is 3.17. The van der Waals surface area contributed by atoms with E-state index in [4.69, 9.17) is 4.74 Å². The normalized spacial score (nSPS) is 27.2. The number of ether oxygens (including phenoxy) is 1. The Hall–Kier alpha value is 0.270. The summed E-state index contributed by atoms with van der Waals surface area (Å²) in [6, 6.07) is 0.640. The van der Waals surface area contributed by atoms with Crippen LogP contribution in [0.5, 0.6) is 0 Å². The summed E-state index contributed by atoms with van der Waals surface area (Å²) >= 11 is 1.93. The van der Waals surface area contributed by atoms with E-state index in [9.17, 15) is 0 Å². The van der Waals surface area contributed by atoms with Gasteiger partial charge in [0, 0.05) is 18.1 Å². The second-order valence-electron chi connectivity index (χ2n) is 6.13. The molecule has 1 N–H and O–H groups in total. The third kappa shape index (κ3) is 4.46. The van der Waals surface area contributed by atoms with E-state index in [1.54, 1.807) is 0 Å². The van der Waals surface area contributed by atoms with Crippen molar-refractivity contribution in [2.45, 2.75) is 52.7 Å². The van der Waals surface area contributed by atoms with Crippen molar-refractivity contribution in [1.82, 2.24) is 5.32 Å². The van der Waals surface area contributed by atoms with Crippen molar-refractivity contribution in [3.8, 4) is 0 Å². The Labute approximate surface area is 111 Å². The van der Waals surface area contributed by atoms with Crippen LogP contribution in [0.1, 0.15) is 40.5 Å². The summed E-state index contributed by atoms with van der Waals surface area (Å²) in [6.07, 6.45) is 5.07. The van der Waals surface area contributed by atoms with E-state index >= 15 is 0 Å². The van der Waals surface area contributed by atoms with Gasteiger partial charge in [0.1, 0.15) is 0 Å². The SMILES string of the molecule is CSCCCNC1CC(OCC(C)C)C1(C)C. The molecule has 1 aliphatic rings. The summed E-state index contributed by atoms with van der Waals surface area (Å²) in [5, 5.41) is 3.67. The fourth-order valence-electron chi connectivity index (χ4n) is 2.32. The molecule has 1 rings (SSSR count). The van der Waals surface area contributed by atoms with Gasteiger partial charge in [0.05, 0.1) is 6.10 Å². The van der Waals surface area contributed by atoms with Crippen LogP contribution < -0.4 is 5.32 Å². The molecular weight excluding hydrogens is 230 g/mol. The summed E-state index contributed by atoms with van der Waals surface area (Å²) in [6.45, 7) is 11.1. The van der Waals surface area contributed by atoms with Gasteiger partial charge >= 0.3 is 0 Å². The summed E-state index contributed by atoms with van der Waals surface area (Å²) in [7, 11) is 0. The van der Waals surface area contributed by atoms with Crippen LogP contribution in [0.15, 0.2) is 0 Å². The van der Waals surface area contributed by atoms with Gasteiger partial charge in [-0.05, 0) is 37.3 Å². The van der Waals surface area contributed by atoms with E-state index in [1.807, 2.05) is 11.8 Å². The highest BCUT2D eigenvalue weighted by atomic mass is 32.2. The molecule has 0 saturated heterocycles. The summed E-state index contributed by atoms with van der Waals surface area (Å²) in [4.78, 5) is 0. The second kappa shape index (κ2) is 7.01. The summed E-state index contributed by atoms with van der Waals surface area (Å²) in [5.41, 5.74) is 0.300. The fourth-order valence-corrected chi connectivity index (χ4v) is 2.75. The summed E-state index contributed by atoms with van der Waals surface area (Å²) in [5.74, 6) is 1.90. The van der Waals surface area contributed by atoms with Gasteiger partial charge < -0.3 is 10.1 Å². The highest BCUT2D eigenvalue weighted by Gasteiger charge is 2.48. The topological polar surface area (TPSA) is 21.3 Å². The smallest absolute Gasteiger partial charge is 0.0656 e. The first-order chi connectivity index (χ1) is 7.98. The maximum absolute atomic E-state index is 5.97. The van der Waals surface area contributed by atoms with Gasteiger partial charge in [0.2, 0.25) is 0 Å². The third-order valence-electron chi connectivity index (χ3n) is 3.72. The molecule has 0 aromatic rings. The van der Waals surface area contributed by atoms with Crippen LogP contribution in [0, 0.1) is 11.3 Å². The van der Waals surface area contributed by atoms with Gasteiger partial charge in [-0.3, -0.25) is 0 Å². The average molecular weight is 259 g/mol. The van der Waals surface area contributed by atoms with Gasteiger partial charge in [-0.25, -0.2) is 0 Å². The predicted molar refractivity (Wildman–Crippen MR) is 77.8 cm³/mol. The molecule has 2 unspecified atom stereocenters. The van der Waals surface area contributed by atoms with Crippen molar-refractivity contribution in [3.63, 3.8) is 0 Å². The number of hydrogen-bond acceptors (Lipinski definition) is 3. The third-order valence-corrected chi connectivity index (χ3v) is 4.42. The molecule has 2 atom stereocenters. The molecule has 17 heavy (non-hydrogen) atoms. The number of thioether (sulfide) groups is 1. The van der Waals surface area contributed by atoms with E-state index in [0.717, 1.165) is 13.2 Å². The number of hydrogen-bond donors (Lipinski definition) is 1. The molecule has 1 aliphatic carbocycles. The molecule has 0 aliphatic heterocycles. The zero-order chi connectivity index (χ0) is 12.9. The van der Waals surface area contributed by atoms with Crippen molar-refractivity contribution >= 4 is 11.8 Å². The van der Waals surface area contributed by atoms with Crippen LogP contribution >= 0.6 is 11.8 Å². The van der Waals surface area contributed by atoms with Crippen molar-refractivity contribution < 1.29 is 4.74 Å². The molecule has 0 heterocycles. The molecule has 3 heteroatoms. The minimum atomic E-state index is 0.300. The molecule has 2 nitrogen and oxygen atoms in total. The Balaban J connectivity index is 2.19. The Kier molecular flexibility index (Phi) is 6.32. The maximum Gasteiger partial charge on any atom is 0.0656 e. The molecule has 102 valence electrons. The quantitative estimate of drug-likeness (QED) is 0.677. The Morgan fingerprint density at radius 1 is 1.41 bits per heavy atom. The first-order valence-electron chi connectivity index (χ1n) is 6.82. The summed E-state index contributed by atoms with van der Waals surface area (Å²) < 4.78 is 5.97. The van der Waals surface area contributed by atoms with E-state index in [0.29, 0.717) is 23.5 Å². The molecule has 0 amide bonds. The lowest BCUT2D eigenvalue weighted by Gasteiger charge is -2.52. The van der Waals surface area contributed by atoms with E-state index in [-0.39, 0.29) is 0 Å². The number of rotatable bonds is 8. The van der Waals surface area contributed by atoms with Crippen molar-refractivity contribution in [2.24, 2.45) is 11.3 Å². The molecule has 0 aromatic carbocycles. The lowest BCUT2D eigenvalue weighted by Crippen LogP contribution is -2.61. The zero-order valence-electron chi connectivity index (χ0n) is 12.1. The standard InChI is InChI=1S/C14H29NOS/c1-11(2)10-16-13-9-12(14(13,3)4)15-7-6-8-17-5/h11-13,15H,6-10H2,1-5H3. The van der Waals surface area contributed by atoms with Crippen LogP contribution in [0.4, 0.5) is 0 Å². The van der Waals surface area contributed by atoms with Gasteiger partial charge in [-0.2, -0.15) is 11.8 Å². The molecule has 0 radical (unpaired) electrons. The van der Waals surface area contributed by atoms with E-state index in [1.165, 1.54) is 18.6 Å². The lowest BCUT2D eigenvalue weighted by atomic mass is 9.64. The lowest BCUT2D eigenvalue weighted by molar-refractivity contribution is -0.123. The largest absolute Gasteiger partial charge is 0.377 e. The Morgan fingerprint density at radius 3 is 2.65 bits per heavy atom. The molecule has 0 bridgehead atoms. The van der Waals surface area contributed by atoms with Crippen molar-refractivity contribution in [2.75, 3.05) is 25.2 Å². The van der Waals surface area contributed by atoms with Crippen LogP contribution in [-0.2, 0) is 4.74 Å². The van der Waals surface area contributed by atoms with Gasteiger partial charge in [-0.15, -0.1) is 0 Å². The van der Waals surface area contributed by atoms with Gasteiger partial charge in [0.15, 0.2) is 0 Å². The first kappa shape index (κ1) is 15.3. The number of nitrogens with one attached hydrogen (secondary N) is 1. The van der Waals surface area contributed by atoms with Crippen LogP contribution in [0.25, 0.3) is 0 Å². The second-order valence-corrected chi connectivity index (χ2v) is 7.11. The van der Waals surface area contributed by atoms with Crippen LogP contribution in [0.2, 0.25) is 0 Å². The first-order valence-corrected chi connectivity index (χ1v) is 8.21. The maximum atomic E-state index is 5.97. The van der Waals surface area contributed by atoms with Gasteiger partial charge in [0.25, 0.3) is 0 Å². The molecule has 1 saturated carbocycles. The van der Waals surface area contributed by atoms with Crippen molar-refractivity contribution in [3.05, 3.63) is 0 Å². The van der Waals surface area contributed by atoms with Crippen molar-refractivity contribution in [1.29, 1.82) is 0 Å².